The molecule has 3 aromatic rings. The van der Waals surface area contributed by atoms with Crippen LogP contribution >= 0.6 is 11.6 Å². The minimum atomic E-state index is -0.453. The highest BCUT2D eigenvalue weighted by Gasteiger charge is 2.28. The lowest BCUT2D eigenvalue weighted by Crippen LogP contribution is -2.39. The molecule has 1 fully saturated rings. The van der Waals surface area contributed by atoms with Gasteiger partial charge in [0.2, 0.25) is 5.91 Å². The summed E-state index contributed by atoms with van der Waals surface area (Å²) >= 11 is 5.97. The van der Waals surface area contributed by atoms with Crippen molar-refractivity contribution in [3.63, 3.8) is 0 Å². The van der Waals surface area contributed by atoms with E-state index >= 15 is 0 Å². The second-order valence-corrected chi connectivity index (χ2v) is 7.49. The number of benzene rings is 1. The molecular formula is C20H19ClFN5O2. The maximum Gasteiger partial charge on any atom is 0.256 e. The first-order chi connectivity index (χ1) is 14.0. The van der Waals surface area contributed by atoms with Crippen LogP contribution in [0.4, 0.5) is 10.1 Å². The second kappa shape index (κ2) is 8.16. The Bertz CT molecular complexity index is 1060. The van der Waals surface area contributed by atoms with Crippen LogP contribution in [-0.2, 0) is 4.79 Å². The number of rotatable bonds is 4. The molecule has 29 heavy (non-hydrogen) atoms. The maximum atomic E-state index is 13.1. The summed E-state index contributed by atoms with van der Waals surface area (Å²) in [5, 5.41) is 10.1. The predicted octanol–water partition coefficient (Wildman–Crippen LogP) is 3.45. The van der Waals surface area contributed by atoms with Gasteiger partial charge in [0.25, 0.3) is 5.91 Å². The lowest BCUT2D eigenvalue weighted by molar-refractivity contribution is -0.120. The summed E-state index contributed by atoms with van der Waals surface area (Å²) in [5.74, 6) is -0.992. The van der Waals surface area contributed by atoms with E-state index in [0.717, 1.165) is 0 Å². The third-order valence-electron chi connectivity index (χ3n) is 5.15. The first-order valence-corrected chi connectivity index (χ1v) is 9.74. The number of amides is 2. The highest BCUT2D eigenvalue weighted by atomic mass is 35.5. The maximum absolute atomic E-state index is 13.1. The Morgan fingerprint density at radius 3 is 2.76 bits per heavy atom. The molecule has 2 heterocycles. The number of carbonyl (C=O) groups excluding carboxylic acids is 2. The van der Waals surface area contributed by atoms with Crippen LogP contribution in [0.15, 0.2) is 42.9 Å². The van der Waals surface area contributed by atoms with Gasteiger partial charge in [0, 0.05) is 24.4 Å². The molecule has 0 radical (unpaired) electrons. The number of fused-ring (bicyclic) bond motifs is 1. The molecule has 1 saturated carbocycles. The molecule has 0 bridgehead atoms. The number of carbonyl (C=O) groups is 2. The average molecular weight is 416 g/mol. The van der Waals surface area contributed by atoms with Gasteiger partial charge < -0.3 is 10.6 Å². The molecule has 9 heteroatoms. The average Bonchev–Trinajstić information content (AvgIpc) is 3.15. The predicted molar refractivity (Wildman–Crippen MR) is 106 cm³/mol. The van der Waals surface area contributed by atoms with Crippen LogP contribution in [0.2, 0.25) is 5.02 Å². The Morgan fingerprint density at radius 1 is 1.21 bits per heavy atom. The molecule has 0 unspecified atom stereocenters. The molecule has 4 rings (SSSR count). The van der Waals surface area contributed by atoms with Crippen LogP contribution in [0, 0.1) is 11.7 Å². The smallest absolute Gasteiger partial charge is 0.256 e. The van der Waals surface area contributed by atoms with Crippen LogP contribution in [0.5, 0.6) is 0 Å². The van der Waals surface area contributed by atoms with Gasteiger partial charge in [-0.25, -0.2) is 13.9 Å². The molecule has 7 nitrogen and oxygen atoms in total. The van der Waals surface area contributed by atoms with Crippen molar-refractivity contribution in [1.29, 1.82) is 0 Å². The molecule has 0 atom stereocenters. The number of nitrogens with one attached hydrogen (secondary N) is 2. The Kier molecular flexibility index (Phi) is 5.44. The molecule has 0 saturated heterocycles. The van der Waals surface area contributed by atoms with Crippen molar-refractivity contribution in [3.8, 4) is 0 Å². The fourth-order valence-corrected chi connectivity index (χ4v) is 3.79. The number of anilines is 1. The van der Waals surface area contributed by atoms with Crippen molar-refractivity contribution in [2.75, 3.05) is 5.32 Å². The molecule has 150 valence electrons. The number of halogens is 2. The Labute approximate surface area is 171 Å². The number of aromatic nitrogens is 3. The van der Waals surface area contributed by atoms with E-state index in [2.05, 4.69) is 20.7 Å². The van der Waals surface area contributed by atoms with Gasteiger partial charge in [-0.15, -0.1) is 0 Å². The van der Waals surface area contributed by atoms with E-state index in [1.807, 2.05) is 0 Å². The van der Waals surface area contributed by atoms with Crippen molar-refractivity contribution >= 4 is 34.7 Å². The lowest BCUT2D eigenvalue weighted by atomic mass is 9.85. The first kappa shape index (κ1) is 19.3. The highest BCUT2D eigenvalue weighted by molar-refractivity contribution is 6.33. The molecule has 0 aliphatic heterocycles. The van der Waals surface area contributed by atoms with E-state index in [1.54, 1.807) is 23.0 Å². The largest absolute Gasteiger partial charge is 0.349 e. The molecule has 1 aromatic carbocycles. The van der Waals surface area contributed by atoms with E-state index in [0.29, 0.717) is 42.6 Å². The Hall–Kier alpha value is -3.00. The zero-order valence-corrected chi connectivity index (χ0v) is 16.2. The third kappa shape index (κ3) is 4.22. The van der Waals surface area contributed by atoms with E-state index in [-0.39, 0.29) is 28.8 Å². The normalized spacial score (nSPS) is 19.1. The van der Waals surface area contributed by atoms with Gasteiger partial charge in [0.15, 0.2) is 5.65 Å². The van der Waals surface area contributed by atoms with Crippen molar-refractivity contribution in [3.05, 3.63) is 59.3 Å². The molecule has 1 aliphatic carbocycles. The van der Waals surface area contributed by atoms with E-state index in [1.165, 1.54) is 24.4 Å². The minimum absolute atomic E-state index is 0.0142. The van der Waals surface area contributed by atoms with Gasteiger partial charge in [0.05, 0.1) is 16.9 Å². The van der Waals surface area contributed by atoms with Crippen molar-refractivity contribution in [1.82, 2.24) is 19.9 Å². The lowest BCUT2D eigenvalue weighted by Gasteiger charge is -2.28. The van der Waals surface area contributed by atoms with Gasteiger partial charge in [-0.3, -0.25) is 9.59 Å². The van der Waals surface area contributed by atoms with Crippen LogP contribution in [0.25, 0.3) is 5.65 Å². The summed E-state index contributed by atoms with van der Waals surface area (Å²) in [6, 6.07) is 5.60. The highest BCUT2D eigenvalue weighted by Crippen LogP contribution is 2.28. The fourth-order valence-electron chi connectivity index (χ4n) is 3.58. The number of hydrogen-bond donors (Lipinski definition) is 2. The zero-order chi connectivity index (χ0) is 20.4. The van der Waals surface area contributed by atoms with E-state index < -0.39 is 5.82 Å². The molecule has 1 aliphatic rings. The zero-order valence-electron chi connectivity index (χ0n) is 15.4. The van der Waals surface area contributed by atoms with Crippen LogP contribution in [0.1, 0.15) is 36.0 Å². The SMILES string of the molecule is O=C(N[C@H]1CC[C@H](C(=O)Nc2ccc(F)cc2Cl)CC1)c1cnn2cccnc12. The van der Waals surface area contributed by atoms with Crippen molar-refractivity contribution in [2.45, 2.75) is 31.7 Å². The summed E-state index contributed by atoms with van der Waals surface area (Å²) in [5.41, 5.74) is 1.33. The minimum Gasteiger partial charge on any atom is -0.349 e. The Balaban J connectivity index is 1.32. The summed E-state index contributed by atoms with van der Waals surface area (Å²) in [7, 11) is 0. The Morgan fingerprint density at radius 2 is 2.00 bits per heavy atom. The van der Waals surface area contributed by atoms with E-state index in [4.69, 9.17) is 11.6 Å². The fraction of sp³-hybridized carbons (Fsp3) is 0.300. The van der Waals surface area contributed by atoms with Gasteiger partial charge in [0.1, 0.15) is 11.4 Å². The second-order valence-electron chi connectivity index (χ2n) is 7.08. The van der Waals surface area contributed by atoms with Crippen molar-refractivity contribution < 1.29 is 14.0 Å². The molecule has 2 N–H and O–H groups in total. The summed E-state index contributed by atoms with van der Waals surface area (Å²) in [6.45, 7) is 0. The van der Waals surface area contributed by atoms with Crippen LogP contribution < -0.4 is 10.6 Å². The first-order valence-electron chi connectivity index (χ1n) is 9.36. The van der Waals surface area contributed by atoms with Gasteiger partial charge in [-0.2, -0.15) is 5.10 Å². The van der Waals surface area contributed by atoms with Gasteiger partial charge >= 0.3 is 0 Å². The molecule has 2 aromatic heterocycles. The standard InChI is InChI=1S/C20H19ClFN5O2/c21-16-10-13(22)4-7-17(16)26-19(28)12-2-5-14(6-3-12)25-20(29)15-11-24-27-9-1-8-23-18(15)27/h1,4,7-12,14H,2-3,5-6H2,(H,25,29)(H,26,28)/t12-,14-. The van der Waals surface area contributed by atoms with Crippen LogP contribution in [0.3, 0.4) is 0 Å². The van der Waals surface area contributed by atoms with Crippen LogP contribution in [-0.4, -0.2) is 32.5 Å². The monoisotopic (exact) mass is 415 g/mol. The third-order valence-corrected chi connectivity index (χ3v) is 5.46. The quantitative estimate of drug-likeness (QED) is 0.683. The van der Waals surface area contributed by atoms with Crippen molar-refractivity contribution in [2.24, 2.45) is 5.92 Å². The molecule has 2 amide bonds. The number of hydrogen-bond acceptors (Lipinski definition) is 4. The van der Waals surface area contributed by atoms with Gasteiger partial charge in [-0.05, 0) is 49.9 Å². The molecular weight excluding hydrogens is 397 g/mol. The summed E-state index contributed by atoms with van der Waals surface area (Å²) < 4.78 is 14.7. The summed E-state index contributed by atoms with van der Waals surface area (Å²) in [6.07, 6.45) is 7.51. The number of nitrogens with zero attached hydrogens (tertiary/aromatic N) is 3. The van der Waals surface area contributed by atoms with Gasteiger partial charge in [-0.1, -0.05) is 11.6 Å². The topological polar surface area (TPSA) is 88.4 Å². The summed E-state index contributed by atoms with van der Waals surface area (Å²) in [4.78, 5) is 29.3. The van der Waals surface area contributed by atoms with E-state index in [9.17, 15) is 14.0 Å². The molecule has 0 spiro atoms.